The predicted molar refractivity (Wildman–Crippen MR) is 109 cm³/mol. The largest absolute Gasteiger partial charge is 0.493 e. The van der Waals surface area contributed by atoms with E-state index in [-0.39, 0.29) is 10.0 Å². The van der Waals surface area contributed by atoms with Gasteiger partial charge in [-0.25, -0.2) is 13.4 Å². The van der Waals surface area contributed by atoms with Gasteiger partial charge in [-0.3, -0.25) is 4.72 Å². The molecule has 0 unspecified atom stereocenters. The molecule has 2 aromatic carbocycles. The molecular weight excluding hydrogens is 424 g/mol. The van der Waals surface area contributed by atoms with Crippen LogP contribution in [0.5, 0.6) is 17.2 Å². The Morgan fingerprint density at radius 2 is 1.61 bits per heavy atom. The molecule has 0 aliphatic carbocycles. The molecule has 10 heteroatoms. The summed E-state index contributed by atoms with van der Waals surface area (Å²) in [6.45, 7) is 0. The number of nitrogens with zero attached hydrogens (tertiary/aromatic N) is 1. The summed E-state index contributed by atoms with van der Waals surface area (Å²) in [7, 11) is 0.798. The Morgan fingerprint density at radius 1 is 1.00 bits per heavy atom. The van der Waals surface area contributed by atoms with E-state index < -0.39 is 10.0 Å². The molecule has 0 aliphatic heterocycles. The van der Waals surface area contributed by atoms with E-state index in [1.54, 1.807) is 17.5 Å². The normalized spacial score (nSPS) is 11.1. The van der Waals surface area contributed by atoms with Crippen molar-refractivity contribution in [3.8, 4) is 28.5 Å². The second kappa shape index (κ2) is 8.26. The summed E-state index contributed by atoms with van der Waals surface area (Å²) in [5.74, 6) is 1.42. The Kier molecular flexibility index (Phi) is 5.97. The minimum atomic E-state index is -3.77. The summed E-state index contributed by atoms with van der Waals surface area (Å²) in [6.07, 6.45) is 0. The molecule has 1 aromatic heterocycles. The van der Waals surface area contributed by atoms with Crippen molar-refractivity contribution >= 4 is 38.1 Å². The number of anilines is 1. The van der Waals surface area contributed by atoms with Gasteiger partial charge in [0.15, 0.2) is 16.6 Å². The molecular formula is C18H17ClN2O5S2. The van der Waals surface area contributed by atoms with E-state index in [1.807, 2.05) is 0 Å². The first-order chi connectivity index (χ1) is 13.4. The Morgan fingerprint density at radius 3 is 2.14 bits per heavy atom. The average molecular weight is 441 g/mol. The number of sulfonamides is 1. The van der Waals surface area contributed by atoms with Crippen LogP contribution in [-0.4, -0.2) is 34.7 Å². The highest BCUT2D eigenvalue weighted by Gasteiger charge is 2.18. The van der Waals surface area contributed by atoms with Gasteiger partial charge in [-0.1, -0.05) is 11.6 Å². The third kappa shape index (κ3) is 4.16. The fourth-order valence-corrected chi connectivity index (χ4v) is 4.57. The number of ether oxygens (including phenoxy) is 3. The number of hydrogen-bond acceptors (Lipinski definition) is 7. The van der Waals surface area contributed by atoms with Gasteiger partial charge in [0.2, 0.25) is 5.75 Å². The maximum absolute atomic E-state index is 12.5. The molecule has 0 aliphatic rings. The fraction of sp³-hybridized carbons (Fsp3) is 0.167. The number of methoxy groups -OCH3 is 3. The van der Waals surface area contributed by atoms with Crippen LogP contribution in [0.2, 0.25) is 5.02 Å². The van der Waals surface area contributed by atoms with Gasteiger partial charge in [-0.15, -0.1) is 11.3 Å². The van der Waals surface area contributed by atoms with Crippen molar-refractivity contribution in [2.75, 3.05) is 26.1 Å². The Bertz CT molecular complexity index is 1060. The predicted octanol–water partition coefficient (Wildman–Crippen LogP) is 4.29. The van der Waals surface area contributed by atoms with Gasteiger partial charge in [-0.05, 0) is 36.4 Å². The van der Waals surface area contributed by atoms with Crippen molar-refractivity contribution in [1.29, 1.82) is 0 Å². The standard InChI is InChI=1S/C18H17ClN2O5S2/c1-24-15-8-11(9-16(25-2)17(15)26-3)14-10-27-18(20-14)21-28(22,23)13-6-4-12(19)5-7-13/h4-10H,1-3H3,(H,20,21). The van der Waals surface area contributed by atoms with Crippen LogP contribution >= 0.6 is 22.9 Å². The van der Waals surface area contributed by atoms with Gasteiger partial charge in [0.05, 0.1) is 31.9 Å². The van der Waals surface area contributed by atoms with Gasteiger partial charge in [0.25, 0.3) is 10.0 Å². The summed E-state index contributed by atoms with van der Waals surface area (Å²) in [4.78, 5) is 4.46. The molecule has 28 heavy (non-hydrogen) atoms. The number of thiazole rings is 1. The Hall–Kier alpha value is -2.49. The SMILES string of the molecule is COc1cc(-c2csc(NS(=O)(=O)c3ccc(Cl)cc3)n2)cc(OC)c1OC. The number of aromatic nitrogens is 1. The maximum atomic E-state index is 12.5. The highest BCUT2D eigenvalue weighted by Crippen LogP contribution is 2.41. The van der Waals surface area contributed by atoms with E-state index >= 15 is 0 Å². The second-order valence-corrected chi connectivity index (χ2v) is 8.49. The number of hydrogen-bond donors (Lipinski definition) is 1. The minimum absolute atomic E-state index is 0.0986. The molecule has 1 N–H and O–H groups in total. The van der Waals surface area contributed by atoms with Crippen molar-refractivity contribution < 1.29 is 22.6 Å². The minimum Gasteiger partial charge on any atom is -0.493 e. The zero-order valence-corrected chi connectivity index (χ0v) is 17.6. The van der Waals surface area contributed by atoms with Crippen LogP contribution in [-0.2, 0) is 10.0 Å². The smallest absolute Gasteiger partial charge is 0.263 e. The lowest BCUT2D eigenvalue weighted by atomic mass is 10.1. The van der Waals surface area contributed by atoms with Crippen molar-refractivity contribution in [1.82, 2.24) is 4.98 Å². The summed E-state index contributed by atoms with van der Waals surface area (Å²) < 4.78 is 43.5. The van der Waals surface area contributed by atoms with Crippen LogP contribution in [0.1, 0.15) is 0 Å². The molecule has 1 heterocycles. The van der Waals surface area contributed by atoms with E-state index in [0.29, 0.717) is 33.5 Å². The lowest BCUT2D eigenvalue weighted by Crippen LogP contribution is -2.12. The third-order valence-electron chi connectivity index (χ3n) is 3.81. The van der Waals surface area contributed by atoms with Gasteiger partial charge < -0.3 is 14.2 Å². The van der Waals surface area contributed by atoms with Crippen molar-refractivity contribution in [3.05, 3.63) is 46.8 Å². The summed E-state index contributed by atoms with van der Waals surface area (Å²) >= 11 is 6.97. The lowest BCUT2D eigenvalue weighted by Gasteiger charge is -2.13. The van der Waals surface area contributed by atoms with E-state index in [0.717, 1.165) is 0 Å². The topological polar surface area (TPSA) is 86.8 Å². The Balaban J connectivity index is 1.91. The quantitative estimate of drug-likeness (QED) is 0.589. The fourth-order valence-electron chi connectivity index (χ4n) is 2.47. The molecule has 7 nitrogen and oxygen atoms in total. The third-order valence-corrected chi connectivity index (χ3v) is 6.30. The van der Waals surface area contributed by atoms with Crippen LogP contribution in [0.25, 0.3) is 11.3 Å². The van der Waals surface area contributed by atoms with Crippen LogP contribution in [0, 0.1) is 0 Å². The van der Waals surface area contributed by atoms with Crippen LogP contribution in [0.3, 0.4) is 0 Å². The second-order valence-electron chi connectivity index (χ2n) is 5.51. The maximum Gasteiger partial charge on any atom is 0.263 e. The van der Waals surface area contributed by atoms with Crippen molar-refractivity contribution in [2.24, 2.45) is 0 Å². The molecule has 0 fully saturated rings. The molecule has 0 spiro atoms. The highest BCUT2D eigenvalue weighted by molar-refractivity contribution is 7.93. The number of nitrogens with one attached hydrogen (secondary N) is 1. The molecule has 0 atom stereocenters. The first-order valence-corrected chi connectivity index (χ1v) is 10.7. The zero-order chi connectivity index (χ0) is 20.3. The molecule has 0 bridgehead atoms. The van der Waals surface area contributed by atoms with E-state index in [4.69, 9.17) is 25.8 Å². The highest BCUT2D eigenvalue weighted by atomic mass is 35.5. The number of rotatable bonds is 7. The molecule has 0 saturated carbocycles. The average Bonchev–Trinajstić information content (AvgIpc) is 3.14. The molecule has 3 aromatic rings. The van der Waals surface area contributed by atoms with Gasteiger partial charge in [0.1, 0.15) is 0 Å². The monoisotopic (exact) mass is 440 g/mol. The van der Waals surface area contributed by atoms with Gasteiger partial charge >= 0.3 is 0 Å². The lowest BCUT2D eigenvalue weighted by molar-refractivity contribution is 0.324. The molecule has 0 amide bonds. The first-order valence-electron chi connectivity index (χ1n) is 7.92. The van der Waals surface area contributed by atoms with Crippen LogP contribution in [0.4, 0.5) is 5.13 Å². The van der Waals surface area contributed by atoms with E-state index in [2.05, 4.69) is 9.71 Å². The Labute approximate surface area is 171 Å². The number of halogens is 1. The van der Waals surface area contributed by atoms with E-state index in [9.17, 15) is 8.42 Å². The zero-order valence-electron chi connectivity index (χ0n) is 15.2. The van der Waals surface area contributed by atoms with Crippen LogP contribution < -0.4 is 18.9 Å². The molecule has 0 saturated heterocycles. The van der Waals surface area contributed by atoms with Crippen LogP contribution in [0.15, 0.2) is 46.7 Å². The molecule has 3 rings (SSSR count). The van der Waals surface area contributed by atoms with Crippen molar-refractivity contribution in [3.63, 3.8) is 0 Å². The number of benzene rings is 2. The van der Waals surface area contributed by atoms with Gasteiger partial charge in [-0.2, -0.15) is 0 Å². The van der Waals surface area contributed by atoms with Gasteiger partial charge in [0, 0.05) is 16.0 Å². The van der Waals surface area contributed by atoms with Crippen molar-refractivity contribution in [2.45, 2.75) is 4.90 Å². The molecule has 0 radical (unpaired) electrons. The first kappa shape index (κ1) is 20.2. The summed E-state index contributed by atoms with van der Waals surface area (Å²) in [5.41, 5.74) is 1.26. The van der Waals surface area contributed by atoms with E-state index in [1.165, 1.54) is 56.9 Å². The molecule has 148 valence electrons. The summed E-state index contributed by atoms with van der Waals surface area (Å²) in [5, 5.41) is 2.43. The summed E-state index contributed by atoms with van der Waals surface area (Å²) in [6, 6.07) is 9.37.